The molecule has 2 bridgehead atoms. The van der Waals surface area contributed by atoms with Gasteiger partial charge in [0.05, 0.1) is 37.0 Å². The Hall–Kier alpha value is -3.44. The first kappa shape index (κ1) is 31.0. The predicted molar refractivity (Wildman–Crippen MR) is 149 cm³/mol. The Morgan fingerprint density at radius 2 is 1.79 bits per heavy atom. The summed E-state index contributed by atoms with van der Waals surface area (Å²) in [7, 11) is 1.49. The minimum absolute atomic E-state index is 0.0572. The second-order valence-corrected chi connectivity index (χ2v) is 12.9. The maximum Gasteiger partial charge on any atom is 0.397 e. The summed E-state index contributed by atoms with van der Waals surface area (Å²) >= 11 is 0. The van der Waals surface area contributed by atoms with E-state index in [9.17, 15) is 27.6 Å². The first-order chi connectivity index (χ1) is 20.3. The molecule has 2 aromatic rings. The zero-order valence-corrected chi connectivity index (χ0v) is 24.9. The number of aromatic nitrogens is 2. The summed E-state index contributed by atoms with van der Waals surface area (Å²) in [5.41, 5.74) is 0.545. The summed E-state index contributed by atoms with van der Waals surface area (Å²) in [5, 5.41) is 0. The fourth-order valence-electron chi connectivity index (χ4n) is 6.23. The fourth-order valence-corrected chi connectivity index (χ4v) is 6.23. The molecule has 0 spiro atoms. The van der Waals surface area contributed by atoms with E-state index in [1.54, 1.807) is 39.0 Å². The van der Waals surface area contributed by atoms with Gasteiger partial charge in [0.2, 0.25) is 11.8 Å². The van der Waals surface area contributed by atoms with Crippen molar-refractivity contribution in [3.05, 3.63) is 23.9 Å². The zero-order chi connectivity index (χ0) is 31.1. The van der Waals surface area contributed by atoms with Crippen molar-refractivity contribution in [2.45, 2.75) is 90.1 Å². The lowest BCUT2D eigenvalue weighted by atomic mass is 9.77. The van der Waals surface area contributed by atoms with Crippen LogP contribution in [0.25, 0.3) is 11.0 Å². The number of alkyl halides is 3. The van der Waals surface area contributed by atoms with Crippen molar-refractivity contribution in [3.63, 3.8) is 0 Å². The quantitative estimate of drug-likeness (QED) is 0.345. The molecule has 1 saturated carbocycles. The van der Waals surface area contributed by atoms with Gasteiger partial charge in [-0.25, -0.2) is 9.97 Å². The number of hydrogen-bond acceptors (Lipinski definition) is 8. The zero-order valence-electron chi connectivity index (χ0n) is 24.9. The first-order valence-electron chi connectivity index (χ1n) is 14.8. The molecule has 3 heterocycles. The van der Waals surface area contributed by atoms with Crippen LogP contribution in [0.1, 0.15) is 65.0 Å². The Kier molecular flexibility index (Phi) is 8.59. The van der Waals surface area contributed by atoms with Crippen LogP contribution in [0.2, 0.25) is 0 Å². The van der Waals surface area contributed by atoms with Gasteiger partial charge in [0, 0.05) is 6.07 Å². The van der Waals surface area contributed by atoms with E-state index >= 15 is 0 Å². The lowest BCUT2D eigenvalue weighted by molar-refractivity contribution is -0.195. The number of fused-ring (bicyclic) bond motifs is 5. The molecule has 1 saturated heterocycles. The van der Waals surface area contributed by atoms with Gasteiger partial charge in [-0.3, -0.25) is 9.59 Å². The molecule has 3 aliphatic rings. The van der Waals surface area contributed by atoms with Crippen molar-refractivity contribution in [3.8, 4) is 11.6 Å². The third-order valence-corrected chi connectivity index (χ3v) is 8.82. The number of aldehydes is 1. The number of amides is 1. The Labute approximate surface area is 248 Å². The molecule has 1 amide bonds. The number of carbonyl (C=O) groups is 3. The number of ether oxygens (including phenoxy) is 3. The monoisotopic (exact) mass is 605 g/mol. The van der Waals surface area contributed by atoms with E-state index in [2.05, 4.69) is 9.97 Å². The minimum atomic E-state index is -4.87. The normalized spacial score (nSPS) is 29.0. The largest absolute Gasteiger partial charge is 0.497 e. The number of benzene rings is 1. The summed E-state index contributed by atoms with van der Waals surface area (Å²) in [6.45, 7) is 4.71. The average Bonchev–Trinajstić information content (AvgIpc) is 3.55. The van der Waals surface area contributed by atoms with Crippen LogP contribution >= 0.6 is 0 Å². The molecule has 43 heavy (non-hydrogen) atoms. The topological polar surface area (TPSA) is 108 Å². The standard InChI is InChI=1S/C31H38F3N3O6/c1-30(2,3)19-14-26(39)42-24-12-17(24)8-6-5-7-9-21-28(36-22-13-18(41-4)10-11-20(22)35-21)43-25-15-37(29(19)40)23(16-38)27(25)31(32,33)34/h10-11,13,16-17,19,23-25,27H,5-9,12,14-15H2,1-4H3/t17-,19-,23-,24-,25+,27+/m1/s1. The molecule has 1 aromatic heterocycles. The van der Waals surface area contributed by atoms with Gasteiger partial charge in [-0.15, -0.1) is 0 Å². The summed E-state index contributed by atoms with van der Waals surface area (Å²) in [6, 6.07) is 3.25. The van der Waals surface area contributed by atoms with Gasteiger partial charge in [-0.1, -0.05) is 33.6 Å². The molecule has 6 atom stereocenters. The van der Waals surface area contributed by atoms with Crippen LogP contribution in [0.3, 0.4) is 0 Å². The van der Waals surface area contributed by atoms with Gasteiger partial charge in [0.15, 0.2) is 0 Å². The van der Waals surface area contributed by atoms with Gasteiger partial charge < -0.3 is 23.9 Å². The number of halogens is 3. The summed E-state index contributed by atoms with van der Waals surface area (Å²) < 4.78 is 60.7. The van der Waals surface area contributed by atoms with Gasteiger partial charge in [0.25, 0.3) is 0 Å². The second-order valence-electron chi connectivity index (χ2n) is 12.9. The molecular formula is C31H38F3N3O6. The first-order valence-corrected chi connectivity index (χ1v) is 14.8. The lowest BCUT2D eigenvalue weighted by Gasteiger charge is -2.34. The molecule has 1 aromatic carbocycles. The molecule has 2 aliphatic heterocycles. The Morgan fingerprint density at radius 3 is 2.47 bits per heavy atom. The van der Waals surface area contributed by atoms with E-state index in [1.807, 2.05) is 0 Å². The highest BCUT2D eigenvalue weighted by Gasteiger charge is 2.59. The van der Waals surface area contributed by atoms with Gasteiger partial charge in [-0.05, 0) is 49.1 Å². The van der Waals surface area contributed by atoms with Crippen LogP contribution in [0.4, 0.5) is 13.2 Å². The molecule has 0 radical (unpaired) electrons. The highest BCUT2D eigenvalue weighted by Crippen LogP contribution is 2.43. The lowest BCUT2D eigenvalue weighted by Crippen LogP contribution is -2.48. The average molecular weight is 606 g/mol. The van der Waals surface area contributed by atoms with Crippen LogP contribution in [0.5, 0.6) is 11.6 Å². The Morgan fingerprint density at radius 1 is 1.02 bits per heavy atom. The van der Waals surface area contributed by atoms with Crippen molar-refractivity contribution >= 4 is 29.2 Å². The van der Waals surface area contributed by atoms with Gasteiger partial charge in [-0.2, -0.15) is 13.2 Å². The molecule has 0 unspecified atom stereocenters. The van der Waals surface area contributed by atoms with Crippen molar-refractivity contribution in [1.82, 2.24) is 14.9 Å². The summed E-state index contributed by atoms with van der Waals surface area (Å²) in [6.07, 6.45) is -2.34. The molecule has 234 valence electrons. The highest BCUT2D eigenvalue weighted by molar-refractivity contribution is 5.87. The number of esters is 1. The maximum absolute atomic E-state index is 14.6. The molecule has 1 aliphatic carbocycles. The van der Waals surface area contributed by atoms with Crippen LogP contribution in [0, 0.1) is 23.2 Å². The van der Waals surface area contributed by atoms with E-state index in [4.69, 9.17) is 14.2 Å². The van der Waals surface area contributed by atoms with E-state index in [1.165, 1.54) is 7.11 Å². The van der Waals surface area contributed by atoms with E-state index in [0.29, 0.717) is 35.3 Å². The van der Waals surface area contributed by atoms with Crippen molar-refractivity contribution in [2.24, 2.45) is 23.2 Å². The van der Waals surface area contributed by atoms with E-state index in [0.717, 1.165) is 30.6 Å². The number of nitrogens with zero attached hydrogens (tertiary/aromatic N) is 3. The van der Waals surface area contributed by atoms with Crippen molar-refractivity contribution < 1.29 is 41.8 Å². The van der Waals surface area contributed by atoms with Crippen molar-refractivity contribution in [1.29, 1.82) is 0 Å². The fraction of sp³-hybridized carbons (Fsp3) is 0.645. The molecule has 2 fully saturated rings. The third kappa shape index (κ3) is 6.72. The van der Waals surface area contributed by atoms with E-state index in [-0.39, 0.29) is 30.6 Å². The Bertz CT molecular complexity index is 1380. The van der Waals surface area contributed by atoms with Gasteiger partial charge in [0.1, 0.15) is 41.9 Å². The maximum atomic E-state index is 14.6. The van der Waals surface area contributed by atoms with E-state index < -0.39 is 54.0 Å². The summed E-state index contributed by atoms with van der Waals surface area (Å²) in [5.74, 6) is -3.88. The smallest absolute Gasteiger partial charge is 0.397 e. The molecule has 9 nitrogen and oxygen atoms in total. The van der Waals surface area contributed by atoms with Crippen LogP contribution in [-0.4, -0.2) is 71.1 Å². The third-order valence-electron chi connectivity index (χ3n) is 8.82. The SMILES string of the molecule is COc1ccc2nc3c(nc2c1)O[C@H]1CN(C(=O)[C@H](C(C)(C)C)CC(=O)O[C@@H]2C[C@H]2CCCCC3)[C@H](C=O)[C@@H]1C(F)(F)F. The van der Waals surface area contributed by atoms with Gasteiger partial charge >= 0.3 is 12.1 Å². The second kappa shape index (κ2) is 11.9. The number of methoxy groups -OCH3 is 1. The summed E-state index contributed by atoms with van der Waals surface area (Å²) in [4.78, 5) is 49.2. The minimum Gasteiger partial charge on any atom is -0.497 e. The number of carbonyl (C=O) groups excluding carboxylic acids is 3. The number of aryl methyl sites for hydroxylation is 1. The number of hydrogen-bond donors (Lipinski definition) is 0. The predicted octanol–water partition coefficient (Wildman–Crippen LogP) is 5.07. The number of rotatable bonds is 2. The van der Waals surface area contributed by atoms with Crippen LogP contribution < -0.4 is 9.47 Å². The molecular weight excluding hydrogens is 567 g/mol. The highest BCUT2D eigenvalue weighted by atomic mass is 19.4. The Balaban J connectivity index is 1.56. The molecule has 5 rings (SSSR count). The molecule has 0 N–H and O–H groups in total. The van der Waals surface area contributed by atoms with Crippen LogP contribution in [0.15, 0.2) is 18.2 Å². The molecule has 12 heteroatoms. The van der Waals surface area contributed by atoms with Crippen molar-refractivity contribution in [2.75, 3.05) is 13.7 Å². The van der Waals surface area contributed by atoms with Crippen LogP contribution in [-0.2, 0) is 25.5 Å².